The minimum atomic E-state index is -1.93. The van der Waals surface area contributed by atoms with E-state index in [2.05, 4.69) is 106 Å². The molecule has 450 valence electrons. The van der Waals surface area contributed by atoms with Crippen LogP contribution in [0.3, 0.4) is 0 Å². The van der Waals surface area contributed by atoms with Crippen LogP contribution in [0.2, 0.25) is 0 Å². The Kier molecular flexibility index (Phi) is 49.9. The normalized spacial score (nSPS) is 18.5. The first-order valence-electron chi connectivity index (χ1n) is 31.2. The molecule has 6 unspecified atom stereocenters. The second-order valence-electron chi connectivity index (χ2n) is 20.9. The van der Waals surface area contributed by atoms with E-state index >= 15 is 0 Å². The lowest BCUT2D eigenvalue weighted by Crippen LogP contribution is -2.61. The van der Waals surface area contributed by atoms with Crippen LogP contribution < -0.4 is 0 Å². The highest BCUT2D eigenvalue weighted by Gasteiger charge is 2.50. The van der Waals surface area contributed by atoms with Crippen molar-refractivity contribution in [3.63, 3.8) is 0 Å². The lowest BCUT2D eigenvalue weighted by atomic mass is 9.98. The number of rotatable bonds is 52. The molecule has 1 heterocycles. The molecule has 1 saturated heterocycles. The maximum absolute atomic E-state index is 13.2. The van der Waals surface area contributed by atoms with Crippen LogP contribution in [0.15, 0.2) is 97.2 Å². The summed E-state index contributed by atoms with van der Waals surface area (Å²) >= 11 is 0. The number of allylic oxidation sites excluding steroid dienone is 16. The summed E-state index contributed by atoms with van der Waals surface area (Å²) in [4.78, 5) is 51.2. The van der Waals surface area contributed by atoms with Gasteiger partial charge in [-0.1, -0.05) is 221 Å². The molecular weight excluding hydrogens is 997 g/mol. The molecule has 0 aromatic heterocycles. The average Bonchev–Trinajstić information content (AvgIpc) is 3.46. The molecule has 1 rings (SSSR count). The Hall–Kier alpha value is -4.36. The second kappa shape index (κ2) is 54.2. The number of carboxylic acid groups (broad SMARTS) is 1. The molecule has 79 heavy (non-hydrogen) atoms. The van der Waals surface area contributed by atoms with E-state index in [0.717, 1.165) is 103 Å². The fraction of sp³-hybridized carbons (Fsp3) is 0.701. The van der Waals surface area contributed by atoms with Crippen molar-refractivity contribution in [1.29, 1.82) is 0 Å². The second-order valence-corrected chi connectivity index (χ2v) is 20.9. The van der Waals surface area contributed by atoms with Gasteiger partial charge in [-0.25, -0.2) is 4.79 Å². The molecule has 1 aliphatic rings. The molecule has 0 bridgehead atoms. The van der Waals surface area contributed by atoms with Crippen LogP contribution in [-0.4, -0.2) is 89.2 Å². The molecule has 12 heteroatoms. The number of carbonyl (C=O) groups is 4. The molecule has 12 nitrogen and oxygen atoms in total. The van der Waals surface area contributed by atoms with Gasteiger partial charge in [0.25, 0.3) is 0 Å². The van der Waals surface area contributed by atoms with Crippen molar-refractivity contribution in [3.05, 3.63) is 97.2 Å². The van der Waals surface area contributed by atoms with E-state index in [1.54, 1.807) is 0 Å². The zero-order valence-corrected chi connectivity index (χ0v) is 49.6. The largest absolute Gasteiger partial charge is 0.479 e. The first kappa shape index (κ1) is 72.7. The molecule has 3 N–H and O–H groups in total. The average molecular weight is 1110 g/mol. The van der Waals surface area contributed by atoms with E-state index in [1.807, 2.05) is 12.2 Å². The third-order valence-corrected chi connectivity index (χ3v) is 13.6. The summed E-state index contributed by atoms with van der Waals surface area (Å²) in [5, 5.41) is 31.5. The lowest BCUT2D eigenvalue weighted by Gasteiger charge is -2.40. The van der Waals surface area contributed by atoms with Gasteiger partial charge < -0.3 is 39.0 Å². The number of aliphatic hydroxyl groups is 2. The standard InChI is InChI=1S/C67H110O12/c1-4-7-10-13-16-19-22-25-27-29-30-32-33-36-38-41-44-47-50-53-59(68)75-56-58(77-60(69)54-51-48-45-42-39-35-24-21-18-15-12-9-6-3)57-76-67-65(63(72)62(71)64(79-67)66(73)74)78-61(70)55-52-49-46-43-40-37-34-31-28-26-23-20-17-14-11-8-5-2/h8,11-12,15,17,20-21,24-28,34,37,43,46,58,62-65,67,71-72H,4-7,9-10,13-14,16,18-19,22-23,29-33,35-36,38-42,44-45,47-57H2,1-3H3,(H,73,74)/b11-8-,15-12-,20-17-,24-21-,27-25-,28-26-,37-34-,46-43-. The van der Waals surface area contributed by atoms with Crippen molar-refractivity contribution in [3.8, 4) is 0 Å². The van der Waals surface area contributed by atoms with Gasteiger partial charge in [0.05, 0.1) is 6.61 Å². The Bertz CT molecular complexity index is 1740. The summed E-state index contributed by atoms with van der Waals surface area (Å²) in [5.41, 5.74) is 0. The molecule has 1 aliphatic heterocycles. The number of carboxylic acids is 1. The van der Waals surface area contributed by atoms with Crippen molar-refractivity contribution >= 4 is 23.9 Å². The van der Waals surface area contributed by atoms with Crippen molar-refractivity contribution < 1.29 is 58.2 Å². The summed E-state index contributed by atoms with van der Waals surface area (Å²) < 4.78 is 28.4. The number of aliphatic hydroxyl groups excluding tert-OH is 2. The summed E-state index contributed by atoms with van der Waals surface area (Å²) in [6, 6.07) is 0. The van der Waals surface area contributed by atoms with E-state index in [1.165, 1.54) is 83.5 Å². The Labute approximate surface area is 479 Å². The van der Waals surface area contributed by atoms with E-state index < -0.39 is 67.3 Å². The number of carbonyl (C=O) groups excluding carboxylic acids is 3. The minimum Gasteiger partial charge on any atom is -0.479 e. The fourth-order valence-electron chi connectivity index (χ4n) is 8.85. The predicted octanol–water partition coefficient (Wildman–Crippen LogP) is 16.5. The number of hydrogen-bond acceptors (Lipinski definition) is 11. The van der Waals surface area contributed by atoms with Gasteiger partial charge >= 0.3 is 23.9 Å². The Balaban J connectivity index is 2.70. The Morgan fingerprint density at radius 2 is 0.835 bits per heavy atom. The summed E-state index contributed by atoms with van der Waals surface area (Å²) in [7, 11) is 0. The first-order valence-corrected chi connectivity index (χ1v) is 31.2. The van der Waals surface area contributed by atoms with Gasteiger partial charge in [-0.2, -0.15) is 0 Å². The Morgan fingerprint density at radius 3 is 1.32 bits per heavy atom. The number of esters is 3. The molecule has 0 radical (unpaired) electrons. The molecule has 0 aromatic carbocycles. The Morgan fingerprint density at radius 1 is 0.430 bits per heavy atom. The lowest BCUT2D eigenvalue weighted by molar-refractivity contribution is -0.301. The van der Waals surface area contributed by atoms with Gasteiger partial charge in [0, 0.05) is 19.3 Å². The fourth-order valence-corrected chi connectivity index (χ4v) is 8.85. The van der Waals surface area contributed by atoms with E-state index in [9.17, 15) is 34.5 Å². The number of unbranched alkanes of at least 4 members (excludes halogenated alkanes) is 22. The number of hydrogen-bond donors (Lipinski definition) is 3. The molecule has 6 atom stereocenters. The SMILES string of the molecule is CC/C=C\C/C=C\C/C=C\C/C=C\C/C=C\CCCC(=O)OC1C(OCC(COC(=O)CCCCCCCCCCC/C=C\CCCCCCCC)OC(=O)CCCCCCC/C=C\C/C=C\CCC)OC(C(=O)O)C(O)C1O. The van der Waals surface area contributed by atoms with E-state index in [0.29, 0.717) is 25.7 Å². The van der Waals surface area contributed by atoms with Crippen LogP contribution in [0.1, 0.15) is 252 Å². The molecule has 0 aliphatic carbocycles. The monoisotopic (exact) mass is 1110 g/mol. The minimum absolute atomic E-state index is 0.0232. The zero-order valence-electron chi connectivity index (χ0n) is 49.6. The zero-order chi connectivity index (χ0) is 57.5. The van der Waals surface area contributed by atoms with Crippen LogP contribution in [0, 0.1) is 0 Å². The summed E-state index contributed by atoms with van der Waals surface area (Å²) in [6.45, 7) is 5.78. The van der Waals surface area contributed by atoms with E-state index in [4.69, 9.17) is 23.7 Å². The maximum Gasteiger partial charge on any atom is 0.335 e. The van der Waals surface area contributed by atoms with Gasteiger partial charge in [-0.3, -0.25) is 14.4 Å². The van der Waals surface area contributed by atoms with Gasteiger partial charge in [0.1, 0.15) is 18.8 Å². The molecule has 0 aromatic rings. The first-order chi connectivity index (χ1) is 38.6. The highest BCUT2D eigenvalue weighted by molar-refractivity contribution is 5.74. The van der Waals surface area contributed by atoms with E-state index in [-0.39, 0.29) is 25.9 Å². The highest BCUT2D eigenvalue weighted by atomic mass is 16.7. The number of ether oxygens (including phenoxy) is 5. The van der Waals surface area contributed by atoms with Crippen LogP contribution in [-0.2, 0) is 42.9 Å². The van der Waals surface area contributed by atoms with Gasteiger partial charge in [-0.15, -0.1) is 0 Å². The van der Waals surface area contributed by atoms with Crippen molar-refractivity contribution in [2.45, 2.75) is 289 Å². The van der Waals surface area contributed by atoms with Crippen LogP contribution in [0.25, 0.3) is 0 Å². The third-order valence-electron chi connectivity index (χ3n) is 13.6. The van der Waals surface area contributed by atoms with Gasteiger partial charge in [0.15, 0.2) is 24.6 Å². The van der Waals surface area contributed by atoms with Crippen LogP contribution >= 0.6 is 0 Å². The van der Waals surface area contributed by atoms with Crippen molar-refractivity contribution in [2.75, 3.05) is 13.2 Å². The predicted molar refractivity (Wildman–Crippen MR) is 321 cm³/mol. The number of aliphatic carboxylic acids is 1. The molecule has 0 saturated carbocycles. The summed E-state index contributed by atoms with van der Waals surface area (Å²) in [5.74, 6) is -3.22. The van der Waals surface area contributed by atoms with Crippen LogP contribution in [0.5, 0.6) is 0 Å². The van der Waals surface area contributed by atoms with Crippen molar-refractivity contribution in [2.24, 2.45) is 0 Å². The molecule has 1 fully saturated rings. The molecule has 0 spiro atoms. The van der Waals surface area contributed by atoms with Gasteiger partial charge in [-0.05, 0) is 109 Å². The van der Waals surface area contributed by atoms with Gasteiger partial charge in [0.2, 0.25) is 0 Å². The van der Waals surface area contributed by atoms with Crippen LogP contribution in [0.4, 0.5) is 0 Å². The molecular formula is C67H110O12. The van der Waals surface area contributed by atoms with Crippen molar-refractivity contribution in [1.82, 2.24) is 0 Å². The maximum atomic E-state index is 13.2. The topological polar surface area (TPSA) is 175 Å². The third kappa shape index (κ3) is 44.0. The summed E-state index contributed by atoms with van der Waals surface area (Å²) in [6.07, 6.45) is 59.5. The molecule has 0 amide bonds. The quantitative estimate of drug-likeness (QED) is 0.0228. The highest BCUT2D eigenvalue weighted by Crippen LogP contribution is 2.26. The smallest absolute Gasteiger partial charge is 0.335 e.